The Bertz CT molecular complexity index is 419. The van der Waals surface area contributed by atoms with Crippen LogP contribution in [0.1, 0.15) is 10.4 Å². The van der Waals surface area contributed by atoms with Gasteiger partial charge < -0.3 is 10.1 Å². The fourth-order valence-electron chi connectivity index (χ4n) is 1.09. The minimum atomic E-state index is -0.926. The van der Waals surface area contributed by atoms with E-state index in [0.717, 1.165) is 4.88 Å². The average molecular weight is 194 g/mol. The summed E-state index contributed by atoms with van der Waals surface area (Å²) in [6.07, 6.45) is 4.79. The van der Waals surface area contributed by atoms with Crippen molar-refractivity contribution in [2.45, 2.75) is 0 Å². The molecule has 0 spiro atoms. The van der Waals surface area contributed by atoms with Crippen molar-refractivity contribution in [3.05, 3.63) is 29.7 Å². The van der Waals surface area contributed by atoms with Crippen LogP contribution >= 0.6 is 11.3 Å². The van der Waals surface area contributed by atoms with Gasteiger partial charge in [0.25, 0.3) is 0 Å². The Morgan fingerprint density at radius 3 is 3.00 bits per heavy atom. The maximum atomic E-state index is 10.7. The molecule has 0 bridgehead atoms. The number of nitrogens with one attached hydrogen (secondary N) is 1. The zero-order valence-electron chi connectivity index (χ0n) is 6.52. The summed E-state index contributed by atoms with van der Waals surface area (Å²) in [6, 6.07) is 0. The fourth-order valence-corrected chi connectivity index (χ4v) is 1.75. The van der Waals surface area contributed by atoms with Crippen molar-refractivity contribution in [3.63, 3.8) is 0 Å². The van der Waals surface area contributed by atoms with Crippen molar-refractivity contribution in [1.29, 1.82) is 0 Å². The molecule has 2 aromatic rings. The molecule has 0 radical (unpaired) electrons. The first-order valence-corrected chi connectivity index (χ1v) is 4.46. The third-order valence-corrected chi connectivity index (χ3v) is 2.48. The van der Waals surface area contributed by atoms with E-state index in [4.69, 9.17) is 5.11 Å². The minimum Gasteiger partial charge on any atom is -0.478 e. The van der Waals surface area contributed by atoms with Gasteiger partial charge in [-0.2, -0.15) is 0 Å². The summed E-state index contributed by atoms with van der Waals surface area (Å²) in [5.41, 5.74) is 2.65. The molecule has 0 aromatic carbocycles. The van der Waals surface area contributed by atoms with Gasteiger partial charge in [-0.15, -0.1) is 11.3 Å². The zero-order valence-corrected chi connectivity index (χ0v) is 7.34. The van der Waals surface area contributed by atoms with Crippen molar-refractivity contribution in [3.8, 4) is 10.4 Å². The number of thiazole rings is 1. The topological polar surface area (TPSA) is 66.0 Å². The Labute approximate surface area is 77.9 Å². The number of hydrogen-bond acceptors (Lipinski definition) is 3. The smallest absolute Gasteiger partial charge is 0.337 e. The van der Waals surface area contributed by atoms with Crippen molar-refractivity contribution in [2.24, 2.45) is 0 Å². The van der Waals surface area contributed by atoms with Crippen molar-refractivity contribution < 1.29 is 9.90 Å². The maximum absolute atomic E-state index is 10.7. The Balaban J connectivity index is 2.52. The van der Waals surface area contributed by atoms with E-state index in [2.05, 4.69) is 9.97 Å². The second-order valence-corrected chi connectivity index (χ2v) is 3.34. The van der Waals surface area contributed by atoms with Gasteiger partial charge >= 0.3 is 5.97 Å². The van der Waals surface area contributed by atoms with Crippen molar-refractivity contribution in [2.75, 3.05) is 0 Å². The fraction of sp³-hybridized carbons (Fsp3) is 0. The van der Waals surface area contributed by atoms with E-state index >= 15 is 0 Å². The number of carboxylic acids is 1. The van der Waals surface area contributed by atoms with Crippen LogP contribution in [0.25, 0.3) is 10.4 Å². The SMILES string of the molecule is O=C(O)c1c[nH]cc1-c1cncs1. The highest BCUT2D eigenvalue weighted by Gasteiger charge is 2.12. The number of aromatic nitrogens is 2. The monoisotopic (exact) mass is 194 g/mol. The molecule has 0 saturated carbocycles. The highest BCUT2D eigenvalue weighted by Crippen LogP contribution is 2.26. The third-order valence-electron chi connectivity index (χ3n) is 1.67. The lowest BCUT2D eigenvalue weighted by atomic mass is 10.2. The van der Waals surface area contributed by atoms with Crippen LogP contribution in [0.4, 0.5) is 0 Å². The van der Waals surface area contributed by atoms with Crippen LogP contribution in [0.3, 0.4) is 0 Å². The number of nitrogens with zero attached hydrogens (tertiary/aromatic N) is 1. The summed E-state index contributed by atoms with van der Waals surface area (Å²) in [4.78, 5) is 18.3. The molecule has 0 aliphatic heterocycles. The Hall–Kier alpha value is -1.62. The molecule has 2 rings (SSSR count). The molecule has 0 amide bonds. The largest absolute Gasteiger partial charge is 0.478 e. The Morgan fingerprint density at radius 1 is 1.54 bits per heavy atom. The second kappa shape index (κ2) is 3.02. The molecule has 13 heavy (non-hydrogen) atoms. The second-order valence-electron chi connectivity index (χ2n) is 2.45. The van der Waals surface area contributed by atoms with Gasteiger partial charge in [0.05, 0.1) is 16.0 Å². The normalized spacial score (nSPS) is 10.2. The van der Waals surface area contributed by atoms with Crippen LogP contribution in [0.2, 0.25) is 0 Å². The summed E-state index contributed by atoms with van der Waals surface area (Å²) >= 11 is 1.42. The van der Waals surface area contributed by atoms with Crippen molar-refractivity contribution in [1.82, 2.24) is 9.97 Å². The summed E-state index contributed by atoms with van der Waals surface area (Å²) in [5.74, 6) is -0.926. The van der Waals surface area contributed by atoms with E-state index in [1.807, 2.05) is 0 Å². The molecule has 0 fully saturated rings. The van der Waals surface area contributed by atoms with E-state index in [1.165, 1.54) is 17.5 Å². The minimum absolute atomic E-state index is 0.282. The van der Waals surface area contributed by atoms with E-state index in [9.17, 15) is 4.79 Å². The van der Waals surface area contributed by atoms with E-state index in [-0.39, 0.29) is 5.56 Å². The van der Waals surface area contributed by atoms with Crippen LogP contribution in [0, 0.1) is 0 Å². The molecule has 5 heteroatoms. The summed E-state index contributed by atoms with van der Waals surface area (Å²) in [7, 11) is 0. The highest BCUT2D eigenvalue weighted by atomic mass is 32.1. The van der Waals surface area contributed by atoms with Crippen LogP contribution in [0.5, 0.6) is 0 Å². The first-order valence-electron chi connectivity index (χ1n) is 3.58. The van der Waals surface area contributed by atoms with Crippen LogP contribution in [-0.4, -0.2) is 21.0 Å². The van der Waals surface area contributed by atoms with Gasteiger partial charge in [0.15, 0.2) is 0 Å². The molecule has 4 nitrogen and oxygen atoms in total. The first-order chi connectivity index (χ1) is 6.29. The first kappa shape index (κ1) is 8.00. The van der Waals surface area contributed by atoms with Gasteiger partial charge in [0.1, 0.15) is 0 Å². The molecule has 0 unspecified atom stereocenters. The number of carbonyl (C=O) groups is 1. The van der Waals surface area contributed by atoms with Crippen LogP contribution < -0.4 is 0 Å². The molecule has 0 aliphatic carbocycles. The number of aromatic amines is 1. The van der Waals surface area contributed by atoms with Crippen molar-refractivity contribution >= 4 is 17.3 Å². The van der Waals surface area contributed by atoms with Gasteiger partial charge in [-0.05, 0) is 0 Å². The number of aromatic carboxylic acids is 1. The maximum Gasteiger partial charge on any atom is 0.337 e. The molecule has 0 saturated heterocycles. The molecule has 2 aromatic heterocycles. The van der Waals surface area contributed by atoms with Gasteiger partial charge in [-0.25, -0.2) is 4.79 Å². The predicted octanol–water partition coefficient (Wildman–Crippen LogP) is 1.84. The van der Waals surface area contributed by atoms with Gasteiger partial charge in [0.2, 0.25) is 0 Å². The summed E-state index contributed by atoms with van der Waals surface area (Å²) in [5, 5.41) is 8.82. The summed E-state index contributed by atoms with van der Waals surface area (Å²) in [6.45, 7) is 0. The molecular weight excluding hydrogens is 188 g/mol. The summed E-state index contributed by atoms with van der Waals surface area (Å²) < 4.78 is 0. The number of carboxylic acid groups (broad SMARTS) is 1. The number of hydrogen-bond donors (Lipinski definition) is 2. The van der Waals surface area contributed by atoms with Crippen LogP contribution in [-0.2, 0) is 0 Å². The molecule has 0 atom stereocenters. The molecule has 2 heterocycles. The molecular formula is C8H6N2O2S. The van der Waals surface area contributed by atoms with Gasteiger partial charge in [0, 0.05) is 24.2 Å². The lowest BCUT2D eigenvalue weighted by Gasteiger charge is -1.93. The average Bonchev–Trinajstić information content (AvgIpc) is 2.74. The Kier molecular flexibility index (Phi) is 1.86. The lowest BCUT2D eigenvalue weighted by molar-refractivity contribution is 0.0698. The quantitative estimate of drug-likeness (QED) is 0.766. The lowest BCUT2D eigenvalue weighted by Crippen LogP contribution is -1.94. The standard InChI is InChI=1S/C8H6N2O2S/c11-8(12)6-2-9-1-5(6)7-3-10-4-13-7/h1-4,9H,(H,11,12). The van der Waals surface area contributed by atoms with E-state index < -0.39 is 5.97 Å². The molecule has 66 valence electrons. The molecule has 0 aliphatic rings. The molecule has 2 N–H and O–H groups in total. The van der Waals surface area contributed by atoms with E-state index in [1.54, 1.807) is 17.9 Å². The predicted molar refractivity (Wildman–Crippen MR) is 48.9 cm³/mol. The number of rotatable bonds is 2. The Morgan fingerprint density at radius 2 is 2.38 bits per heavy atom. The van der Waals surface area contributed by atoms with Gasteiger partial charge in [-0.3, -0.25) is 4.98 Å². The van der Waals surface area contributed by atoms with Gasteiger partial charge in [-0.1, -0.05) is 0 Å². The van der Waals surface area contributed by atoms with Crippen LogP contribution in [0.15, 0.2) is 24.1 Å². The zero-order chi connectivity index (χ0) is 9.26. The number of H-pyrrole nitrogens is 1. The highest BCUT2D eigenvalue weighted by molar-refractivity contribution is 7.13. The third kappa shape index (κ3) is 1.33. The van der Waals surface area contributed by atoms with E-state index in [0.29, 0.717) is 5.56 Å².